The SMILES string of the molecule is CC(C(=O)N1CCC(CC(N)=O)CC1)C(N)=S. The highest BCUT2D eigenvalue weighted by atomic mass is 32.1. The number of rotatable bonds is 4. The first-order valence-electron chi connectivity index (χ1n) is 5.78. The summed E-state index contributed by atoms with van der Waals surface area (Å²) >= 11 is 4.81. The first-order valence-corrected chi connectivity index (χ1v) is 6.19. The van der Waals surface area contributed by atoms with E-state index in [1.807, 2.05) is 0 Å². The van der Waals surface area contributed by atoms with Crippen molar-refractivity contribution in [3.63, 3.8) is 0 Å². The summed E-state index contributed by atoms with van der Waals surface area (Å²) in [6.45, 7) is 3.04. The Balaban J connectivity index is 2.44. The monoisotopic (exact) mass is 257 g/mol. The molecule has 1 fully saturated rings. The standard InChI is InChI=1S/C11H19N3O2S/c1-7(10(13)17)11(16)14-4-2-8(3-5-14)6-9(12)15/h7-8H,2-6H2,1H3,(H2,12,15)(H2,13,17). The number of nitrogens with zero attached hydrogens (tertiary/aromatic N) is 1. The van der Waals surface area contributed by atoms with Crippen molar-refractivity contribution in [2.75, 3.05) is 13.1 Å². The fraction of sp³-hybridized carbons (Fsp3) is 0.727. The molecule has 4 N–H and O–H groups in total. The van der Waals surface area contributed by atoms with Gasteiger partial charge in [0.15, 0.2) is 0 Å². The van der Waals surface area contributed by atoms with Crippen LogP contribution in [-0.2, 0) is 9.59 Å². The maximum atomic E-state index is 11.9. The lowest BCUT2D eigenvalue weighted by atomic mass is 9.92. The van der Waals surface area contributed by atoms with Gasteiger partial charge >= 0.3 is 0 Å². The lowest BCUT2D eigenvalue weighted by Gasteiger charge is -2.33. The number of amides is 2. The highest BCUT2D eigenvalue weighted by Gasteiger charge is 2.27. The van der Waals surface area contributed by atoms with Crippen LogP contribution in [0, 0.1) is 11.8 Å². The van der Waals surface area contributed by atoms with E-state index in [0.29, 0.717) is 25.4 Å². The third kappa shape index (κ3) is 3.96. The molecule has 0 aromatic carbocycles. The van der Waals surface area contributed by atoms with Gasteiger partial charge in [-0.1, -0.05) is 12.2 Å². The van der Waals surface area contributed by atoms with E-state index in [0.717, 1.165) is 12.8 Å². The molecule has 0 aliphatic carbocycles. The molecule has 0 radical (unpaired) electrons. The summed E-state index contributed by atoms with van der Waals surface area (Å²) in [6, 6.07) is 0. The molecule has 0 saturated carbocycles. The molecular weight excluding hydrogens is 238 g/mol. The van der Waals surface area contributed by atoms with Crippen LogP contribution in [0.25, 0.3) is 0 Å². The van der Waals surface area contributed by atoms with E-state index in [-0.39, 0.29) is 16.8 Å². The van der Waals surface area contributed by atoms with Crippen LogP contribution in [0.4, 0.5) is 0 Å². The summed E-state index contributed by atoms with van der Waals surface area (Å²) in [5.74, 6) is -0.393. The summed E-state index contributed by atoms with van der Waals surface area (Å²) in [7, 11) is 0. The van der Waals surface area contributed by atoms with Crippen LogP contribution in [0.2, 0.25) is 0 Å². The molecule has 0 aromatic heterocycles. The lowest BCUT2D eigenvalue weighted by molar-refractivity contribution is -0.134. The van der Waals surface area contributed by atoms with Gasteiger partial charge in [0.05, 0.1) is 10.9 Å². The van der Waals surface area contributed by atoms with Crippen LogP contribution < -0.4 is 11.5 Å². The van der Waals surface area contributed by atoms with Crippen LogP contribution in [0.1, 0.15) is 26.2 Å². The molecule has 0 aromatic rings. The van der Waals surface area contributed by atoms with E-state index < -0.39 is 5.92 Å². The van der Waals surface area contributed by atoms with Crippen molar-refractivity contribution in [2.45, 2.75) is 26.2 Å². The molecule has 1 aliphatic heterocycles. The van der Waals surface area contributed by atoms with Crippen molar-refractivity contribution in [3.8, 4) is 0 Å². The van der Waals surface area contributed by atoms with E-state index in [2.05, 4.69) is 0 Å². The molecule has 1 atom stereocenters. The molecule has 2 amide bonds. The fourth-order valence-corrected chi connectivity index (χ4v) is 2.14. The number of primary amides is 1. The summed E-state index contributed by atoms with van der Waals surface area (Å²) in [5, 5.41) is 0. The molecule has 6 heteroatoms. The number of hydrogen-bond acceptors (Lipinski definition) is 3. The Labute approximate surface area is 107 Å². The van der Waals surface area contributed by atoms with Gasteiger partial charge in [-0.3, -0.25) is 9.59 Å². The minimum absolute atomic E-state index is 0.0185. The van der Waals surface area contributed by atoms with Crippen LogP contribution in [-0.4, -0.2) is 34.8 Å². The largest absolute Gasteiger partial charge is 0.393 e. The maximum Gasteiger partial charge on any atom is 0.232 e. The highest BCUT2D eigenvalue weighted by Crippen LogP contribution is 2.21. The third-order valence-electron chi connectivity index (χ3n) is 3.21. The first-order chi connectivity index (χ1) is 7.91. The van der Waals surface area contributed by atoms with Crippen LogP contribution >= 0.6 is 12.2 Å². The zero-order valence-corrected chi connectivity index (χ0v) is 10.8. The Morgan fingerprint density at radius 2 is 1.88 bits per heavy atom. The smallest absolute Gasteiger partial charge is 0.232 e. The van der Waals surface area contributed by atoms with Gasteiger partial charge < -0.3 is 16.4 Å². The topological polar surface area (TPSA) is 89.4 Å². The average molecular weight is 257 g/mol. The van der Waals surface area contributed by atoms with E-state index >= 15 is 0 Å². The van der Waals surface area contributed by atoms with Crippen molar-refractivity contribution in [1.29, 1.82) is 0 Å². The Bertz CT molecular complexity index is 325. The number of carbonyl (C=O) groups excluding carboxylic acids is 2. The van der Waals surface area contributed by atoms with Crippen molar-refractivity contribution < 1.29 is 9.59 Å². The van der Waals surface area contributed by atoms with Crippen LogP contribution in [0.3, 0.4) is 0 Å². The second-order valence-electron chi connectivity index (χ2n) is 4.56. The molecule has 1 rings (SSSR count). The summed E-state index contributed by atoms with van der Waals surface area (Å²) in [5.41, 5.74) is 10.6. The molecule has 5 nitrogen and oxygen atoms in total. The lowest BCUT2D eigenvalue weighted by Crippen LogP contribution is -2.44. The summed E-state index contributed by atoms with van der Waals surface area (Å²) in [4.78, 5) is 24.7. The molecule has 96 valence electrons. The second-order valence-corrected chi connectivity index (χ2v) is 5.03. The van der Waals surface area contributed by atoms with E-state index in [1.165, 1.54) is 0 Å². The third-order valence-corrected chi connectivity index (χ3v) is 3.57. The van der Waals surface area contributed by atoms with Crippen LogP contribution in [0.15, 0.2) is 0 Å². The minimum atomic E-state index is -0.405. The van der Waals surface area contributed by atoms with Gasteiger partial charge in [0.2, 0.25) is 11.8 Å². The molecular formula is C11H19N3O2S. The van der Waals surface area contributed by atoms with Gasteiger partial charge in [-0.25, -0.2) is 0 Å². The molecule has 0 bridgehead atoms. The molecule has 1 heterocycles. The van der Waals surface area contributed by atoms with E-state index in [1.54, 1.807) is 11.8 Å². The first kappa shape index (κ1) is 13.9. The average Bonchev–Trinajstić information content (AvgIpc) is 2.27. The predicted octanol–water partition coefficient (Wildman–Crippen LogP) is 0.0226. The molecule has 1 unspecified atom stereocenters. The highest BCUT2D eigenvalue weighted by molar-refractivity contribution is 7.80. The summed E-state index contributed by atoms with van der Waals surface area (Å²) in [6.07, 6.45) is 2.05. The normalized spacial score (nSPS) is 18.8. The quantitative estimate of drug-likeness (QED) is 0.695. The number of piperidine rings is 1. The van der Waals surface area contributed by atoms with E-state index in [4.69, 9.17) is 23.7 Å². The molecule has 1 aliphatic rings. The van der Waals surface area contributed by atoms with Gasteiger partial charge in [-0.05, 0) is 25.7 Å². The Kier molecular flexibility index (Phi) is 4.86. The number of nitrogens with two attached hydrogens (primary N) is 2. The zero-order valence-electron chi connectivity index (χ0n) is 10.0. The Morgan fingerprint density at radius 3 is 2.29 bits per heavy atom. The number of hydrogen-bond donors (Lipinski definition) is 2. The number of thiocarbonyl (C=S) groups is 1. The van der Waals surface area contributed by atoms with Gasteiger partial charge in [0.25, 0.3) is 0 Å². The Hall–Kier alpha value is -1.17. The van der Waals surface area contributed by atoms with Crippen molar-refractivity contribution >= 4 is 29.0 Å². The van der Waals surface area contributed by atoms with Gasteiger partial charge in [0.1, 0.15) is 0 Å². The van der Waals surface area contributed by atoms with Gasteiger partial charge in [-0.15, -0.1) is 0 Å². The number of likely N-dealkylation sites (tertiary alicyclic amines) is 1. The maximum absolute atomic E-state index is 11.9. The zero-order chi connectivity index (χ0) is 13.0. The van der Waals surface area contributed by atoms with Gasteiger partial charge in [0, 0.05) is 19.5 Å². The number of carbonyl (C=O) groups is 2. The molecule has 17 heavy (non-hydrogen) atoms. The van der Waals surface area contributed by atoms with Gasteiger partial charge in [-0.2, -0.15) is 0 Å². The fourth-order valence-electron chi connectivity index (χ4n) is 2.04. The minimum Gasteiger partial charge on any atom is -0.393 e. The molecule has 0 spiro atoms. The predicted molar refractivity (Wildman–Crippen MR) is 69.1 cm³/mol. The van der Waals surface area contributed by atoms with Crippen LogP contribution in [0.5, 0.6) is 0 Å². The van der Waals surface area contributed by atoms with Crippen molar-refractivity contribution in [3.05, 3.63) is 0 Å². The summed E-state index contributed by atoms with van der Waals surface area (Å²) < 4.78 is 0. The van der Waals surface area contributed by atoms with E-state index in [9.17, 15) is 9.59 Å². The van der Waals surface area contributed by atoms with Crippen molar-refractivity contribution in [2.24, 2.45) is 23.3 Å². The molecule has 1 saturated heterocycles. The Morgan fingerprint density at radius 1 is 1.35 bits per heavy atom. The second kappa shape index (κ2) is 5.95. The van der Waals surface area contributed by atoms with Crippen molar-refractivity contribution in [1.82, 2.24) is 4.90 Å².